The van der Waals surface area contributed by atoms with E-state index in [0.29, 0.717) is 18.3 Å². The van der Waals surface area contributed by atoms with E-state index in [0.717, 1.165) is 0 Å². The predicted octanol–water partition coefficient (Wildman–Crippen LogP) is -1.62. The lowest BCUT2D eigenvalue weighted by Gasteiger charge is -2.09. The normalized spacial score (nSPS) is 11.2. The molecule has 9 nitrogen and oxygen atoms in total. The minimum atomic E-state index is 0.543. The van der Waals surface area contributed by atoms with Crippen LogP contribution in [-0.4, -0.2) is 59.4 Å². The molecule has 0 fully saturated rings. The molecule has 0 aliphatic heterocycles. The van der Waals surface area contributed by atoms with Crippen LogP contribution in [0.25, 0.3) is 11.6 Å². The summed E-state index contributed by atoms with van der Waals surface area (Å²) < 4.78 is 3.16. The van der Waals surface area contributed by atoms with Crippen LogP contribution in [0.1, 0.15) is 0 Å². The van der Waals surface area contributed by atoms with Crippen LogP contribution in [0.4, 0.5) is 0 Å². The average Bonchev–Trinajstić information content (AvgIpc) is 2.73. The molecule has 0 bridgehead atoms. The van der Waals surface area contributed by atoms with E-state index < -0.39 is 0 Å². The lowest BCUT2D eigenvalue weighted by molar-refractivity contribution is 0.305. The molecule has 15 heavy (non-hydrogen) atoms. The lowest BCUT2D eigenvalue weighted by Crippen LogP contribution is -2.19. The van der Waals surface area contributed by atoms with Crippen LogP contribution in [0.3, 0.4) is 0 Å². The molecule has 0 aliphatic rings. The Morgan fingerprint density at radius 3 is 2.33 bits per heavy atom. The van der Waals surface area contributed by atoms with Crippen molar-refractivity contribution in [2.75, 3.05) is 14.1 Å². The van der Waals surface area contributed by atoms with Crippen LogP contribution in [0, 0.1) is 0 Å². The zero-order valence-electron chi connectivity index (χ0n) is 8.73. The van der Waals surface area contributed by atoms with E-state index in [9.17, 15) is 0 Å². The van der Waals surface area contributed by atoms with Crippen molar-refractivity contribution in [1.82, 2.24) is 45.3 Å². The molecule has 0 amide bonds. The van der Waals surface area contributed by atoms with E-state index in [-0.39, 0.29) is 0 Å². The topological polar surface area (TPSA) is 90.4 Å². The highest BCUT2D eigenvalue weighted by Gasteiger charge is 2.14. The number of tetrazole rings is 2. The molecule has 0 N–H and O–H groups in total. The fraction of sp³-hybridized carbons (Fsp3) is 0.667. The zero-order chi connectivity index (χ0) is 10.8. The molecular formula is C6H11N9. The van der Waals surface area contributed by atoms with Gasteiger partial charge < -0.3 is 0 Å². The highest BCUT2D eigenvalue weighted by Crippen LogP contribution is 2.09. The molecule has 0 aromatic carbocycles. The highest BCUT2D eigenvalue weighted by molar-refractivity contribution is 5.40. The maximum atomic E-state index is 3.88. The average molecular weight is 209 g/mol. The fourth-order valence-corrected chi connectivity index (χ4v) is 1.15. The standard InChI is InChI=1S/C6H11N9/c1-13(2)4-15-6(8-10-12-15)5-7-9-11-14(5)3/h4H2,1-3H3. The SMILES string of the molecule is CN(C)Cn1nnnc1-c1nnnn1C. The van der Waals surface area contributed by atoms with Crippen LogP contribution in [0.5, 0.6) is 0 Å². The monoisotopic (exact) mass is 209 g/mol. The first kappa shape index (κ1) is 9.65. The van der Waals surface area contributed by atoms with E-state index in [1.165, 1.54) is 4.68 Å². The van der Waals surface area contributed by atoms with Crippen LogP contribution >= 0.6 is 0 Å². The van der Waals surface area contributed by atoms with E-state index >= 15 is 0 Å². The Labute approximate surface area is 85.7 Å². The molecule has 0 spiro atoms. The van der Waals surface area contributed by atoms with Crippen molar-refractivity contribution in [1.29, 1.82) is 0 Å². The van der Waals surface area contributed by atoms with E-state index in [1.54, 1.807) is 11.7 Å². The second-order valence-electron chi connectivity index (χ2n) is 3.35. The molecule has 2 heterocycles. The van der Waals surface area contributed by atoms with Crippen LogP contribution in [-0.2, 0) is 13.7 Å². The number of hydrogen-bond donors (Lipinski definition) is 0. The first-order valence-electron chi connectivity index (χ1n) is 4.32. The van der Waals surface area contributed by atoms with Gasteiger partial charge in [-0.2, -0.15) is 0 Å². The second-order valence-corrected chi connectivity index (χ2v) is 3.35. The molecule has 2 rings (SSSR count). The summed E-state index contributed by atoms with van der Waals surface area (Å²) in [5, 5.41) is 22.5. The number of rotatable bonds is 3. The molecule has 0 radical (unpaired) electrons. The van der Waals surface area contributed by atoms with Crippen LogP contribution in [0.15, 0.2) is 0 Å². The molecular weight excluding hydrogens is 198 g/mol. The van der Waals surface area contributed by atoms with Gasteiger partial charge in [-0.15, -0.1) is 10.2 Å². The fourth-order valence-electron chi connectivity index (χ4n) is 1.15. The van der Waals surface area contributed by atoms with Crippen molar-refractivity contribution in [3.8, 4) is 11.6 Å². The second kappa shape index (κ2) is 3.69. The molecule has 2 aromatic heterocycles. The van der Waals surface area contributed by atoms with Gasteiger partial charge >= 0.3 is 0 Å². The smallest absolute Gasteiger partial charge is 0.222 e. The molecule has 0 saturated carbocycles. The molecule has 2 aromatic rings. The van der Waals surface area contributed by atoms with Gasteiger partial charge in [-0.05, 0) is 34.9 Å². The summed E-state index contributed by atoms with van der Waals surface area (Å²) in [6, 6.07) is 0. The van der Waals surface area contributed by atoms with Crippen LogP contribution in [0.2, 0.25) is 0 Å². The van der Waals surface area contributed by atoms with Gasteiger partial charge in [-0.3, -0.25) is 4.90 Å². The number of nitrogens with zero attached hydrogens (tertiary/aromatic N) is 9. The van der Waals surface area contributed by atoms with Gasteiger partial charge in [0.05, 0.1) is 6.67 Å². The van der Waals surface area contributed by atoms with Gasteiger partial charge in [0.25, 0.3) is 0 Å². The number of hydrogen-bond acceptors (Lipinski definition) is 7. The Bertz CT molecular complexity index is 441. The van der Waals surface area contributed by atoms with Crippen molar-refractivity contribution in [3.63, 3.8) is 0 Å². The lowest BCUT2D eigenvalue weighted by atomic mass is 10.5. The third-order valence-corrected chi connectivity index (χ3v) is 1.77. The maximum absolute atomic E-state index is 3.88. The van der Waals surface area contributed by atoms with E-state index in [4.69, 9.17) is 0 Å². The number of aromatic nitrogens is 8. The molecule has 0 atom stereocenters. The molecule has 0 saturated heterocycles. The Kier molecular flexibility index (Phi) is 2.37. The zero-order valence-corrected chi connectivity index (χ0v) is 8.73. The maximum Gasteiger partial charge on any atom is 0.222 e. The summed E-state index contributed by atoms with van der Waals surface area (Å²) >= 11 is 0. The minimum Gasteiger partial charge on any atom is -0.290 e. The van der Waals surface area contributed by atoms with E-state index in [2.05, 4.69) is 31.1 Å². The quantitative estimate of drug-likeness (QED) is 0.600. The van der Waals surface area contributed by atoms with Gasteiger partial charge in [0.1, 0.15) is 0 Å². The molecule has 9 heteroatoms. The van der Waals surface area contributed by atoms with Crippen molar-refractivity contribution in [2.24, 2.45) is 7.05 Å². The van der Waals surface area contributed by atoms with Crippen LogP contribution < -0.4 is 0 Å². The summed E-state index contributed by atoms with van der Waals surface area (Å²) in [5.74, 6) is 1.10. The van der Waals surface area contributed by atoms with Gasteiger partial charge in [0.2, 0.25) is 11.6 Å². The minimum absolute atomic E-state index is 0.543. The summed E-state index contributed by atoms with van der Waals surface area (Å²) in [6.45, 7) is 0.579. The summed E-state index contributed by atoms with van der Waals surface area (Å²) in [7, 11) is 5.60. The Hall–Kier alpha value is -1.90. The Morgan fingerprint density at radius 1 is 1.07 bits per heavy atom. The first-order valence-corrected chi connectivity index (χ1v) is 4.32. The highest BCUT2D eigenvalue weighted by atomic mass is 15.6. The first-order chi connectivity index (χ1) is 7.18. The van der Waals surface area contributed by atoms with Crippen molar-refractivity contribution >= 4 is 0 Å². The van der Waals surface area contributed by atoms with Crippen molar-refractivity contribution in [2.45, 2.75) is 6.67 Å². The predicted molar refractivity (Wildman–Crippen MR) is 49.3 cm³/mol. The summed E-state index contributed by atoms with van der Waals surface area (Å²) in [6.07, 6.45) is 0. The van der Waals surface area contributed by atoms with Crippen molar-refractivity contribution < 1.29 is 0 Å². The van der Waals surface area contributed by atoms with Gasteiger partial charge in [-0.1, -0.05) is 0 Å². The third-order valence-electron chi connectivity index (χ3n) is 1.77. The third kappa shape index (κ3) is 1.81. The molecule has 80 valence electrons. The van der Waals surface area contributed by atoms with E-state index in [1.807, 2.05) is 19.0 Å². The number of aryl methyl sites for hydroxylation is 1. The molecule has 0 unspecified atom stereocenters. The largest absolute Gasteiger partial charge is 0.290 e. The van der Waals surface area contributed by atoms with Gasteiger partial charge in [0.15, 0.2) is 0 Å². The molecule has 0 aliphatic carbocycles. The Morgan fingerprint density at radius 2 is 1.73 bits per heavy atom. The Balaban J connectivity index is 2.37. The van der Waals surface area contributed by atoms with Crippen molar-refractivity contribution in [3.05, 3.63) is 0 Å². The van der Waals surface area contributed by atoms with Gasteiger partial charge in [-0.25, -0.2) is 9.36 Å². The summed E-state index contributed by atoms with van der Waals surface area (Å²) in [5.41, 5.74) is 0. The van der Waals surface area contributed by atoms with Gasteiger partial charge in [0, 0.05) is 7.05 Å². The summed E-state index contributed by atoms with van der Waals surface area (Å²) in [4.78, 5) is 1.95.